The van der Waals surface area contributed by atoms with Gasteiger partial charge < -0.3 is 15.4 Å². The number of anilines is 1. The molecule has 2 rings (SSSR count). The Kier molecular flexibility index (Phi) is 3.20. The second-order valence-corrected chi connectivity index (χ2v) is 4.41. The van der Waals surface area contributed by atoms with Crippen LogP contribution in [0.25, 0.3) is 0 Å². The van der Waals surface area contributed by atoms with Gasteiger partial charge in [-0.05, 0) is 43.7 Å². The van der Waals surface area contributed by atoms with Crippen molar-refractivity contribution in [1.29, 1.82) is 0 Å². The number of rotatable bonds is 3. The van der Waals surface area contributed by atoms with Crippen LogP contribution in [0.3, 0.4) is 0 Å². The molecule has 1 aromatic heterocycles. The highest BCUT2D eigenvalue weighted by atomic mass is 16.3. The Balaban J connectivity index is 2.17. The molecule has 0 amide bonds. The number of aryl methyl sites for hydroxylation is 2. The van der Waals surface area contributed by atoms with Crippen molar-refractivity contribution in [2.75, 3.05) is 5.73 Å². The number of nitrogens with two attached hydrogens (primary N) is 1. The average molecular weight is 230 g/mol. The van der Waals surface area contributed by atoms with E-state index in [4.69, 9.17) is 5.73 Å². The van der Waals surface area contributed by atoms with Gasteiger partial charge in [-0.15, -0.1) is 0 Å². The summed E-state index contributed by atoms with van der Waals surface area (Å²) in [6.07, 6.45) is -0.500. The average Bonchev–Trinajstić information content (AvgIpc) is 2.61. The van der Waals surface area contributed by atoms with Gasteiger partial charge in [-0.25, -0.2) is 0 Å². The molecule has 0 aliphatic heterocycles. The maximum absolute atomic E-state index is 10.2. The molecule has 2 aromatic rings. The van der Waals surface area contributed by atoms with Crippen LogP contribution in [-0.2, 0) is 6.54 Å². The third-order valence-corrected chi connectivity index (χ3v) is 3.09. The first kappa shape index (κ1) is 11.7. The van der Waals surface area contributed by atoms with Crippen molar-refractivity contribution in [1.82, 2.24) is 4.57 Å². The Hall–Kier alpha value is -1.74. The molecule has 0 spiro atoms. The molecule has 0 bridgehead atoms. The number of benzene rings is 1. The van der Waals surface area contributed by atoms with E-state index in [-0.39, 0.29) is 0 Å². The lowest BCUT2D eigenvalue weighted by molar-refractivity contribution is 0.155. The molecular formula is C14H18N2O. The molecule has 3 heteroatoms. The van der Waals surface area contributed by atoms with Gasteiger partial charge in [0.25, 0.3) is 0 Å². The van der Waals surface area contributed by atoms with Gasteiger partial charge in [0.1, 0.15) is 0 Å². The van der Waals surface area contributed by atoms with Crippen molar-refractivity contribution < 1.29 is 5.11 Å². The topological polar surface area (TPSA) is 51.2 Å². The minimum absolute atomic E-state index is 0.500. The number of aromatic nitrogens is 1. The SMILES string of the molecule is Cc1ccc(C)n1CC(O)c1ccc(N)cc1. The van der Waals surface area contributed by atoms with Crippen LogP contribution in [0.2, 0.25) is 0 Å². The first-order valence-electron chi connectivity index (χ1n) is 5.74. The highest BCUT2D eigenvalue weighted by Crippen LogP contribution is 2.19. The number of nitrogens with zero attached hydrogens (tertiary/aromatic N) is 1. The van der Waals surface area contributed by atoms with E-state index in [1.807, 2.05) is 38.1 Å². The van der Waals surface area contributed by atoms with Crippen LogP contribution in [0.4, 0.5) is 5.69 Å². The standard InChI is InChI=1S/C14H18N2O/c1-10-3-4-11(2)16(10)9-14(17)12-5-7-13(15)8-6-12/h3-8,14,17H,9,15H2,1-2H3. The van der Waals surface area contributed by atoms with Crippen molar-refractivity contribution in [2.24, 2.45) is 0 Å². The zero-order valence-electron chi connectivity index (χ0n) is 10.2. The molecule has 1 atom stereocenters. The van der Waals surface area contributed by atoms with Gasteiger partial charge in [-0.1, -0.05) is 12.1 Å². The third-order valence-electron chi connectivity index (χ3n) is 3.09. The van der Waals surface area contributed by atoms with Crippen LogP contribution >= 0.6 is 0 Å². The summed E-state index contributed by atoms with van der Waals surface area (Å²) in [7, 11) is 0. The maximum Gasteiger partial charge on any atom is 0.0968 e. The zero-order chi connectivity index (χ0) is 12.4. The highest BCUT2D eigenvalue weighted by Gasteiger charge is 2.10. The fourth-order valence-corrected chi connectivity index (χ4v) is 1.98. The van der Waals surface area contributed by atoms with Crippen LogP contribution in [-0.4, -0.2) is 9.67 Å². The summed E-state index contributed by atoms with van der Waals surface area (Å²) in [6, 6.07) is 11.5. The van der Waals surface area contributed by atoms with Crippen LogP contribution in [0.15, 0.2) is 36.4 Å². The van der Waals surface area contributed by atoms with Crippen LogP contribution in [0.1, 0.15) is 23.1 Å². The molecule has 1 unspecified atom stereocenters. The van der Waals surface area contributed by atoms with E-state index in [1.54, 1.807) is 0 Å². The molecule has 1 aromatic carbocycles. The minimum Gasteiger partial charge on any atom is -0.399 e. The predicted molar refractivity (Wildman–Crippen MR) is 69.7 cm³/mol. The minimum atomic E-state index is -0.500. The summed E-state index contributed by atoms with van der Waals surface area (Å²) in [4.78, 5) is 0. The normalized spacial score (nSPS) is 12.6. The summed E-state index contributed by atoms with van der Waals surface area (Å²) < 4.78 is 2.11. The van der Waals surface area contributed by atoms with Crippen LogP contribution < -0.4 is 5.73 Å². The lowest BCUT2D eigenvalue weighted by Crippen LogP contribution is -2.11. The summed E-state index contributed by atoms with van der Waals surface area (Å²) in [5.41, 5.74) is 9.56. The molecule has 0 fully saturated rings. The fourth-order valence-electron chi connectivity index (χ4n) is 1.98. The summed E-state index contributed by atoms with van der Waals surface area (Å²) in [6.45, 7) is 4.67. The Labute approximate surface area is 102 Å². The molecule has 0 aliphatic carbocycles. The van der Waals surface area contributed by atoms with Gasteiger partial charge in [0.2, 0.25) is 0 Å². The smallest absolute Gasteiger partial charge is 0.0968 e. The summed E-state index contributed by atoms with van der Waals surface area (Å²) in [5, 5.41) is 10.2. The van der Waals surface area contributed by atoms with E-state index < -0.39 is 6.10 Å². The van der Waals surface area contributed by atoms with Crippen LogP contribution in [0, 0.1) is 13.8 Å². The molecule has 0 aliphatic rings. The van der Waals surface area contributed by atoms with Gasteiger partial charge in [0.15, 0.2) is 0 Å². The molecular weight excluding hydrogens is 212 g/mol. The van der Waals surface area contributed by atoms with Crippen LogP contribution in [0.5, 0.6) is 0 Å². The Morgan fingerprint density at radius 3 is 2.12 bits per heavy atom. The second-order valence-electron chi connectivity index (χ2n) is 4.41. The first-order valence-corrected chi connectivity index (χ1v) is 5.74. The summed E-state index contributed by atoms with van der Waals surface area (Å²) >= 11 is 0. The summed E-state index contributed by atoms with van der Waals surface area (Å²) in [5.74, 6) is 0. The van der Waals surface area contributed by atoms with E-state index in [0.717, 1.165) is 17.0 Å². The Morgan fingerprint density at radius 1 is 1.06 bits per heavy atom. The lowest BCUT2D eigenvalue weighted by atomic mass is 10.1. The molecule has 90 valence electrons. The molecule has 0 saturated carbocycles. The second kappa shape index (κ2) is 4.63. The molecule has 3 N–H and O–H groups in total. The van der Waals surface area contributed by atoms with Gasteiger partial charge >= 0.3 is 0 Å². The fraction of sp³-hybridized carbons (Fsp3) is 0.286. The number of aliphatic hydroxyl groups excluding tert-OH is 1. The van der Waals surface area contributed by atoms with Crippen molar-refractivity contribution in [2.45, 2.75) is 26.5 Å². The van der Waals surface area contributed by atoms with Gasteiger partial charge in [-0.3, -0.25) is 0 Å². The molecule has 1 heterocycles. The van der Waals surface area contributed by atoms with Crippen molar-refractivity contribution >= 4 is 5.69 Å². The van der Waals surface area contributed by atoms with E-state index >= 15 is 0 Å². The van der Waals surface area contributed by atoms with E-state index in [9.17, 15) is 5.11 Å². The number of hydrogen-bond acceptors (Lipinski definition) is 2. The lowest BCUT2D eigenvalue weighted by Gasteiger charge is -2.15. The monoisotopic (exact) mass is 230 g/mol. The van der Waals surface area contributed by atoms with E-state index in [0.29, 0.717) is 12.2 Å². The molecule has 0 radical (unpaired) electrons. The maximum atomic E-state index is 10.2. The number of nitrogen functional groups attached to an aromatic ring is 1. The Bertz CT molecular complexity index is 480. The van der Waals surface area contributed by atoms with E-state index in [2.05, 4.69) is 16.7 Å². The van der Waals surface area contributed by atoms with E-state index in [1.165, 1.54) is 0 Å². The van der Waals surface area contributed by atoms with Gasteiger partial charge in [-0.2, -0.15) is 0 Å². The Morgan fingerprint density at radius 2 is 1.59 bits per heavy atom. The highest BCUT2D eigenvalue weighted by molar-refractivity contribution is 5.39. The van der Waals surface area contributed by atoms with Gasteiger partial charge in [0, 0.05) is 17.1 Å². The van der Waals surface area contributed by atoms with Gasteiger partial charge in [0.05, 0.1) is 12.6 Å². The van der Waals surface area contributed by atoms with Crippen molar-refractivity contribution in [3.63, 3.8) is 0 Å². The predicted octanol–water partition coefficient (Wildman–Crippen LogP) is 2.42. The van der Waals surface area contributed by atoms with Crippen molar-refractivity contribution in [3.8, 4) is 0 Å². The number of hydrogen-bond donors (Lipinski definition) is 2. The third kappa shape index (κ3) is 2.50. The zero-order valence-corrected chi connectivity index (χ0v) is 10.2. The number of aliphatic hydroxyl groups is 1. The quantitative estimate of drug-likeness (QED) is 0.796. The molecule has 0 saturated heterocycles. The first-order chi connectivity index (χ1) is 8.08. The van der Waals surface area contributed by atoms with Crippen molar-refractivity contribution in [3.05, 3.63) is 53.3 Å². The largest absolute Gasteiger partial charge is 0.399 e. The molecule has 3 nitrogen and oxygen atoms in total. The molecule has 17 heavy (non-hydrogen) atoms.